The Bertz CT molecular complexity index is 1160. The fourth-order valence-electron chi connectivity index (χ4n) is 2.57. The third-order valence-corrected chi connectivity index (χ3v) is 5.64. The van der Waals surface area contributed by atoms with Crippen LogP contribution in [0.3, 0.4) is 0 Å². The molecule has 4 aromatic rings. The smallest absolute Gasteiger partial charge is 0.149 e. The number of aromatic nitrogens is 5. The van der Waals surface area contributed by atoms with Gasteiger partial charge in [0.2, 0.25) is 0 Å². The molecular weight excluding hydrogens is 493 g/mol. The molecule has 0 spiro atoms. The first-order valence-electron chi connectivity index (χ1n) is 8.08. The van der Waals surface area contributed by atoms with Crippen molar-refractivity contribution in [3.8, 4) is 10.6 Å². The minimum Gasteiger partial charge on any atom is -0.262 e. The number of nitrogens with zero attached hydrogens (tertiary/aromatic N) is 4. The van der Waals surface area contributed by atoms with Crippen LogP contribution in [0.1, 0.15) is 11.4 Å². The number of nitrogens with one attached hydrogen (secondary N) is 1. The highest BCUT2D eigenvalue weighted by atomic mass is 127. The van der Waals surface area contributed by atoms with Gasteiger partial charge in [-0.25, -0.2) is 0 Å². The number of pyridine rings is 1. The Morgan fingerprint density at radius 3 is 2.81 bits per heavy atom. The summed E-state index contributed by atoms with van der Waals surface area (Å²) in [5.41, 5.74) is 2.86. The van der Waals surface area contributed by atoms with Gasteiger partial charge in [-0.15, -0.1) is 21.5 Å². The molecule has 0 saturated carbocycles. The fraction of sp³-hybridized carbons (Fsp3) is 0.0526. The Hall–Kier alpha value is -2.10. The Kier molecular flexibility index (Phi) is 5.61. The largest absolute Gasteiger partial charge is 0.262 e. The van der Waals surface area contributed by atoms with E-state index in [4.69, 9.17) is 11.6 Å². The number of hydrogen-bond acceptors (Lipinski definition) is 5. The molecule has 4 rings (SSSR count). The number of H-pyrrole nitrogens is 1. The quantitative estimate of drug-likeness (QED) is 0.376. The van der Waals surface area contributed by atoms with Crippen molar-refractivity contribution in [1.29, 1.82) is 0 Å². The standard InChI is InChI=1S/C19H13ClIN5S/c20-17-7-6-16(27-17)15-5-8-18(21)24-26-19(25-23-15)11-12-3-4-14-13(10-12)2-1-9-22-14/h1-10H,11H2,(H,25,26). The van der Waals surface area contributed by atoms with Gasteiger partial charge in [0.05, 0.1) is 14.7 Å². The van der Waals surface area contributed by atoms with Crippen LogP contribution < -0.4 is 0 Å². The highest BCUT2D eigenvalue weighted by molar-refractivity contribution is 14.1. The molecule has 3 aromatic heterocycles. The lowest BCUT2D eigenvalue weighted by Gasteiger charge is -2.02. The molecule has 8 heteroatoms. The van der Waals surface area contributed by atoms with Crippen molar-refractivity contribution in [2.45, 2.75) is 6.42 Å². The number of aromatic amines is 1. The SMILES string of the molecule is Clc1ccc(-c2ccc(I)nnc(Cc3ccc4ncccc4c3)[nH]n2)s1. The molecule has 1 aromatic carbocycles. The summed E-state index contributed by atoms with van der Waals surface area (Å²) in [6.07, 6.45) is 2.38. The Morgan fingerprint density at radius 1 is 1.04 bits per heavy atom. The molecule has 0 saturated heterocycles. The van der Waals surface area contributed by atoms with Crippen LogP contribution in [-0.2, 0) is 6.42 Å². The van der Waals surface area contributed by atoms with Crippen molar-refractivity contribution in [2.24, 2.45) is 0 Å². The topological polar surface area (TPSA) is 67.3 Å². The molecule has 27 heavy (non-hydrogen) atoms. The molecule has 1 N–H and O–H groups in total. The lowest BCUT2D eigenvalue weighted by atomic mass is 10.1. The summed E-state index contributed by atoms with van der Waals surface area (Å²) in [4.78, 5) is 5.33. The molecule has 0 fully saturated rings. The van der Waals surface area contributed by atoms with Gasteiger partial charge >= 0.3 is 0 Å². The van der Waals surface area contributed by atoms with E-state index in [1.54, 1.807) is 6.20 Å². The van der Waals surface area contributed by atoms with Gasteiger partial charge in [0.15, 0.2) is 0 Å². The van der Waals surface area contributed by atoms with Gasteiger partial charge in [0.25, 0.3) is 0 Å². The Morgan fingerprint density at radius 2 is 1.96 bits per heavy atom. The van der Waals surface area contributed by atoms with E-state index in [9.17, 15) is 0 Å². The summed E-state index contributed by atoms with van der Waals surface area (Å²) in [7, 11) is 0. The molecule has 0 radical (unpaired) electrons. The van der Waals surface area contributed by atoms with E-state index in [0.29, 0.717) is 12.2 Å². The molecule has 0 aliphatic rings. The van der Waals surface area contributed by atoms with E-state index in [-0.39, 0.29) is 0 Å². The number of hydrogen-bond donors (Lipinski definition) is 1. The predicted molar refractivity (Wildman–Crippen MR) is 117 cm³/mol. The van der Waals surface area contributed by atoms with Gasteiger partial charge in [-0.05, 0) is 70.6 Å². The van der Waals surface area contributed by atoms with Crippen molar-refractivity contribution in [1.82, 2.24) is 25.4 Å². The van der Waals surface area contributed by atoms with E-state index < -0.39 is 0 Å². The first-order valence-corrected chi connectivity index (χ1v) is 10.4. The van der Waals surface area contributed by atoms with Gasteiger partial charge in [-0.3, -0.25) is 10.1 Å². The number of thiophene rings is 1. The molecule has 0 aliphatic carbocycles. The normalized spacial score (nSPS) is 10.7. The number of halogens is 2. The maximum atomic E-state index is 6.06. The monoisotopic (exact) mass is 505 g/mol. The van der Waals surface area contributed by atoms with E-state index in [0.717, 1.165) is 35.1 Å². The molecule has 0 aliphatic heterocycles. The third kappa shape index (κ3) is 4.60. The van der Waals surface area contributed by atoms with Crippen molar-refractivity contribution in [3.63, 3.8) is 0 Å². The van der Waals surface area contributed by atoms with Crippen LogP contribution in [0.15, 0.2) is 60.8 Å². The number of benzene rings is 1. The van der Waals surface area contributed by atoms with Crippen LogP contribution in [-0.4, -0.2) is 25.4 Å². The van der Waals surface area contributed by atoms with E-state index >= 15 is 0 Å². The number of rotatable bonds is 3. The molecule has 5 nitrogen and oxygen atoms in total. The lowest BCUT2D eigenvalue weighted by molar-refractivity contribution is 0.839. The van der Waals surface area contributed by atoms with Crippen molar-refractivity contribution in [3.05, 3.63) is 80.2 Å². The highest BCUT2D eigenvalue weighted by Gasteiger charge is 2.04. The van der Waals surface area contributed by atoms with Gasteiger partial charge in [0.1, 0.15) is 15.2 Å². The van der Waals surface area contributed by atoms with Gasteiger partial charge in [-0.1, -0.05) is 23.7 Å². The molecule has 134 valence electrons. The maximum Gasteiger partial charge on any atom is 0.149 e. The lowest BCUT2D eigenvalue weighted by Crippen LogP contribution is -1.97. The van der Waals surface area contributed by atoms with Gasteiger partial charge in [0, 0.05) is 18.0 Å². The zero-order valence-electron chi connectivity index (χ0n) is 13.9. The summed E-state index contributed by atoms with van der Waals surface area (Å²) in [6.45, 7) is 0. The minimum atomic E-state index is 0.584. The maximum absolute atomic E-state index is 6.06. The average Bonchev–Trinajstić information content (AvgIpc) is 3.13. The molecule has 0 atom stereocenters. The van der Waals surface area contributed by atoms with E-state index in [1.165, 1.54) is 11.3 Å². The second-order valence-corrected chi connectivity index (χ2v) is 8.54. The predicted octanol–water partition coefficient (Wildman–Crippen LogP) is 5.45. The first kappa shape index (κ1) is 18.3. The second-order valence-electron chi connectivity index (χ2n) is 5.72. The summed E-state index contributed by atoms with van der Waals surface area (Å²) < 4.78 is 1.50. The molecule has 0 amide bonds. The van der Waals surface area contributed by atoms with Gasteiger partial charge in [-0.2, -0.15) is 5.10 Å². The number of fused-ring (bicyclic) bond motifs is 1. The highest BCUT2D eigenvalue weighted by Crippen LogP contribution is 2.29. The zero-order chi connectivity index (χ0) is 18.6. The summed E-state index contributed by atoms with van der Waals surface area (Å²) in [5, 5.41) is 17.2. The second kappa shape index (κ2) is 8.28. The van der Waals surface area contributed by atoms with Crippen LogP contribution >= 0.6 is 45.5 Å². The fourth-order valence-corrected chi connectivity index (χ4v) is 3.87. The van der Waals surface area contributed by atoms with Crippen molar-refractivity contribution < 1.29 is 0 Å². The molecule has 0 unspecified atom stereocenters. The average molecular weight is 506 g/mol. The minimum absolute atomic E-state index is 0.584. The van der Waals surface area contributed by atoms with E-state index in [2.05, 4.69) is 54.0 Å². The van der Waals surface area contributed by atoms with Crippen LogP contribution in [0, 0.1) is 3.70 Å². The summed E-state index contributed by atoms with van der Waals surface area (Å²) >= 11 is 9.69. The molecule has 0 bridgehead atoms. The molecular formula is C19H13ClIN5S. The van der Waals surface area contributed by atoms with Crippen LogP contribution in [0.5, 0.6) is 0 Å². The van der Waals surface area contributed by atoms with Gasteiger partial charge < -0.3 is 0 Å². The first-order chi connectivity index (χ1) is 13.2. The van der Waals surface area contributed by atoms with Crippen LogP contribution in [0.2, 0.25) is 4.34 Å². The summed E-state index contributed by atoms with van der Waals surface area (Å²) in [5.74, 6) is 0.663. The zero-order valence-corrected chi connectivity index (χ0v) is 17.7. The van der Waals surface area contributed by atoms with E-state index in [1.807, 2.05) is 48.5 Å². The van der Waals surface area contributed by atoms with Crippen LogP contribution in [0.4, 0.5) is 0 Å². The van der Waals surface area contributed by atoms with Crippen molar-refractivity contribution >= 4 is 56.4 Å². The molecule has 3 heterocycles. The van der Waals surface area contributed by atoms with Crippen LogP contribution in [0.25, 0.3) is 21.5 Å². The Labute approximate surface area is 178 Å². The Balaban J connectivity index is 1.73. The third-order valence-electron chi connectivity index (χ3n) is 3.82. The van der Waals surface area contributed by atoms with Crippen molar-refractivity contribution in [2.75, 3.05) is 0 Å². The summed E-state index contributed by atoms with van der Waals surface area (Å²) in [6, 6.07) is 17.7.